The summed E-state index contributed by atoms with van der Waals surface area (Å²) in [6.45, 7) is 7.59. The fourth-order valence-corrected chi connectivity index (χ4v) is 5.12. The number of ether oxygens (including phenoxy) is 1. The molecule has 2 rings (SSSR count). The van der Waals surface area contributed by atoms with Gasteiger partial charge in [0.1, 0.15) is 10.2 Å². The molecule has 0 unspecified atom stereocenters. The molecule has 0 aliphatic heterocycles. The van der Waals surface area contributed by atoms with Crippen LogP contribution in [0.25, 0.3) is 0 Å². The molecule has 0 saturated carbocycles. The Morgan fingerprint density at radius 1 is 1.22 bits per heavy atom. The lowest BCUT2D eigenvalue weighted by Crippen LogP contribution is -2.33. The van der Waals surface area contributed by atoms with Crippen LogP contribution in [-0.2, 0) is 27.7 Å². The molecule has 0 radical (unpaired) electrons. The van der Waals surface area contributed by atoms with Crippen molar-refractivity contribution in [1.29, 1.82) is 0 Å². The van der Waals surface area contributed by atoms with Crippen LogP contribution in [0.2, 0.25) is 0 Å². The highest BCUT2D eigenvalue weighted by molar-refractivity contribution is 9.10. The molecule has 8 heteroatoms. The summed E-state index contributed by atoms with van der Waals surface area (Å²) in [5.41, 5.74) is 0.990. The van der Waals surface area contributed by atoms with Crippen molar-refractivity contribution in [3.05, 3.63) is 52.3 Å². The lowest BCUT2D eigenvalue weighted by Gasteiger charge is -2.24. The standard InChI is InChI=1S/C19H25BrN2O4S/c1-6-16-14(12-21(5)18(23)26-19(2,3)4)13-22(17(16)20)27(24,25)15-10-8-7-9-11-15/h7-11,13H,6,12H2,1-5H3. The Hall–Kier alpha value is -1.80. The van der Waals surface area contributed by atoms with E-state index in [9.17, 15) is 13.2 Å². The smallest absolute Gasteiger partial charge is 0.410 e. The van der Waals surface area contributed by atoms with Crippen molar-refractivity contribution < 1.29 is 17.9 Å². The Balaban J connectivity index is 2.38. The van der Waals surface area contributed by atoms with Crippen molar-refractivity contribution in [3.63, 3.8) is 0 Å². The topological polar surface area (TPSA) is 68.6 Å². The molecule has 0 fully saturated rings. The first-order chi connectivity index (χ1) is 12.5. The van der Waals surface area contributed by atoms with Crippen LogP contribution in [0.4, 0.5) is 4.79 Å². The number of hydrogen-bond acceptors (Lipinski definition) is 4. The first-order valence-electron chi connectivity index (χ1n) is 8.60. The zero-order valence-electron chi connectivity index (χ0n) is 16.2. The maximum Gasteiger partial charge on any atom is 0.410 e. The molecule has 1 aromatic carbocycles. The van der Waals surface area contributed by atoms with Gasteiger partial charge in [0.2, 0.25) is 0 Å². The largest absolute Gasteiger partial charge is 0.444 e. The Morgan fingerprint density at radius 3 is 2.33 bits per heavy atom. The SMILES string of the molecule is CCc1c(CN(C)C(=O)OC(C)(C)C)cn(S(=O)(=O)c2ccccc2)c1Br. The van der Waals surface area contributed by atoms with Gasteiger partial charge in [0.25, 0.3) is 10.0 Å². The molecular formula is C19H25BrN2O4S. The molecule has 0 spiro atoms. The average molecular weight is 457 g/mol. The molecule has 0 aliphatic carbocycles. The predicted molar refractivity (Wildman–Crippen MR) is 108 cm³/mol. The van der Waals surface area contributed by atoms with Crippen LogP contribution in [0.1, 0.15) is 38.8 Å². The highest BCUT2D eigenvalue weighted by atomic mass is 79.9. The highest BCUT2D eigenvalue weighted by Crippen LogP contribution is 2.29. The zero-order chi connectivity index (χ0) is 20.4. The zero-order valence-corrected chi connectivity index (χ0v) is 18.6. The van der Waals surface area contributed by atoms with E-state index in [1.165, 1.54) is 8.87 Å². The summed E-state index contributed by atoms with van der Waals surface area (Å²) in [4.78, 5) is 13.9. The predicted octanol–water partition coefficient (Wildman–Crippen LogP) is 4.42. The van der Waals surface area contributed by atoms with Crippen molar-refractivity contribution in [1.82, 2.24) is 8.87 Å². The van der Waals surface area contributed by atoms with Crippen LogP contribution in [0.3, 0.4) is 0 Å². The van der Waals surface area contributed by atoms with Gasteiger partial charge in [-0.1, -0.05) is 25.1 Å². The molecule has 0 atom stereocenters. The van der Waals surface area contributed by atoms with E-state index in [0.717, 1.165) is 11.1 Å². The van der Waals surface area contributed by atoms with Gasteiger partial charge in [0.15, 0.2) is 0 Å². The molecule has 1 amide bonds. The second kappa shape index (κ2) is 8.06. The Bertz CT molecular complexity index is 915. The van der Waals surface area contributed by atoms with Crippen molar-refractivity contribution in [3.8, 4) is 0 Å². The van der Waals surface area contributed by atoms with Crippen LogP contribution in [-0.4, -0.2) is 36.0 Å². The summed E-state index contributed by atoms with van der Waals surface area (Å²) in [7, 11) is -2.10. The monoisotopic (exact) mass is 456 g/mol. The van der Waals surface area contributed by atoms with Gasteiger partial charge in [-0.2, -0.15) is 0 Å². The maximum absolute atomic E-state index is 13.0. The molecule has 148 valence electrons. The lowest BCUT2D eigenvalue weighted by atomic mass is 10.1. The number of aromatic nitrogens is 1. The Labute approximate surface area is 169 Å². The Kier molecular flexibility index (Phi) is 6.42. The van der Waals surface area contributed by atoms with Crippen LogP contribution >= 0.6 is 15.9 Å². The highest BCUT2D eigenvalue weighted by Gasteiger charge is 2.25. The van der Waals surface area contributed by atoms with Crippen molar-refractivity contribution >= 4 is 32.0 Å². The third-order valence-electron chi connectivity index (χ3n) is 3.87. The van der Waals surface area contributed by atoms with Gasteiger partial charge in [-0.05, 0) is 66.4 Å². The molecule has 0 N–H and O–H groups in total. The third-order valence-corrected chi connectivity index (χ3v) is 6.64. The normalized spacial score (nSPS) is 12.1. The molecule has 1 aromatic heterocycles. The summed E-state index contributed by atoms with van der Waals surface area (Å²) in [6, 6.07) is 8.24. The number of nitrogens with zero attached hydrogens (tertiary/aromatic N) is 2. The summed E-state index contributed by atoms with van der Waals surface area (Å²) in [5.74, 6) is 0. The summed E-state index contributed by atoms with van der Waals surface area (Å²) < 4.78 is 33.0. The van der Waals surface area contributed by atoms with Gasteiger partial charge >= 0.3 is 6.09 Å². The van der Waals surface area contributed by atoms with Gasteiger partial charge in [0, 0.05) is 13.2 Å². The van der Waals surface area contributed by atoms with Gasteiger partial charge < -0.3 is 9.64 Å². The second-order valence-electron chi connectivity index (χ2n) is 7.23. The molecule has 0 aliphatic rings. The van der Waals surface area contributed by atoms with Crippen molar-refractivity contribution in [2.45, 2.75) is 51.2 Å². The van der Waals surface area contributed by atoms with Gasteiger partial charge in [-0.25, -0.2) is 17.2 Å². The van der Waals surface area contributed by atoms with E-state index < -0.39 is 21.7 Å². The van der Waals surface area contributed by atoms with Crippen LogP contribution in [0, 0.1) is 0 Å². The molecule has 1 heterocycles. The van der Waals surface area contributed by atoms with Crippen molar-refractivity contribution in [2.75, 3.05) is 7.05 Å². The van der Waals surface area contributed by atoms with Gasteiger partial charge in [0.05, 0.1) is 11.4 Å². The van der Waals surface area contributed by atoms with E-state index in [0.29, 0.717) is 11.0 Å². The molecule has 6 nitrogen and oxygen atoms in total. The quantitative estimate of drug-likeness (QED) is 0.667. The van der Waals surface area contributed by atoms with Gasteiger partial charge in [-0.3, -0.25) is 0 Å². The van der Waals surface area contributed by atoms with E-state index in [2.05, 4.69) is 15.9 Å². The van der Waals surface area contributed by atoms with Gasteiger partial charge in [-0.15, -0.1) is 0 Å². The third kappa shape index (κ3) is 4.93. The fourth-order valence-electron chi connectivity index (χ4n) is 2.59. The number of carbonyl (C=O) groups is 1. The Morgan fingerprint density at radius 2 is 1.81 bits per heavy atom. The van der Waals surface area contributed by atoms with Crippen LogP contribution in [0.5, 0.6) is 0 Å². The van der Waals surface area contributed by atoms with E-state index in [1.54, 1.807) is 64.3 Å². The maximum atomic E-state index is 13.0. The minimum absolute atomic E-state index is 0.204. The minimum Gasteiger partial charge on any atom is -0.444 e. The molecule has 0 saturated heterocycles. The number of benzene rings is 1. The second-order valence-corrected chi connectivity index (χ2v) is 9.79. The molecular weight excluding hydrogens is 432 g/mol. The number of hydrogen-bond donors (Lipinski definition) is 0. The summed E-state index contributed by atoms with van der Waals surface area (Å²) in [6.07, 6.45) is 1.72. The number of halogens is 1. The van der Waals surface area contributed by atoms with Crippen LogP contribution < -0.4 is 0 Å². The number of rotatable bonds is 5. The molecule has 0 bridgehead atoms. The number of amides is 1. The lowest BCUT2D eigenvalue weighted by molar-refractivity contribution is 0.0285. The van der Waals surface area contributed by atoms with Crippen LogP contribution in [0.15, 0.2) is 46.0 Å². The number of carbonyl (C=O) groups excluding carboxylic acids is 1. The fraction of sp³-hybridized carbons (Fsp3) is 0.421. The first kappa shape index (κ1) is 21.5. The average Bonchev–Trinajstić information content (AvgIpc) is 2.90. The van der Waals surface area contributed by atoms with E-state index >= 15 is 0 Å². The molecule has 2 aromatic rings. The summed E-state index contributed by atoms with van der Waals surface area (Å²) in [5, 5.41) is 0. The van der Waals surface area contributed by atoms with Crippen molar-refractivity contribution in [2.24, 2.45) is 0 Å². The van der Waals surface area contributed by atoms with E-state index in [4.69, 9.17) is 4.74 Å². The molecule has 27 heavy (non-hydrogen) atoms. The van der Waals surface area contributed by atoms with E-state index in [1.807, 2.05) is 6.92 Å². The first-order valence-corrected chi connectivity index (χ1v) is 10.8. The minimum atomic E-state index is -3.73. The van der Waals surface area contributed by atoms with E-state index in [-0.39, 0.29) is 11.4 Å². The summed E-state index contributed by atoms with van der Waals surface area (Å²) >= 11 is 3.42.